The molecule has 0 saturated carbocycles. The smallest absolute Gasteiger partial charge is 0.233 e. The molecule has 0 bridgehead atoms. The molecule has 4 heteroatoms. The van der Waals surface area contributed by atoms with Crippen molar-refractivity contribution in [3.05, 3.63) is 42.5 Å². The van der Waals surface area contributed by atoms with E-state index in [0.717, 1.165) is 24.0 Å². The molecular formula is C15H18N2O2. The van der Waals surface area contributed by atoms with Crippen LogP contribution in [-0.4, -0.2) is 12.5 Å². The number of ether oxygens (including phenoxy) is 1. The molecule has 0 fully saturated rings. The largest absolute Gasteiger partial charge is 0.493 e. The minimum absolute atomic E-state index is 0.134. The number of rotatable bonds is 6. The molecule has 0 aromatic heterocycles. The number of hydrogen-bond donors (Lipinski definition) is 2. The molecule has 2 rings (SSSR count). The normalized spacial score (nSPS) is 10.4. The minimum Gasteiger partial charge on any atom is -0.493 e. The van der Waals surface area contributed by atoms with Crippen molar-refractivity contribution in [1.82, 2.24) is 5.43 Å². The molecule has 0 aliphatic rings. The molecule has 0 saturated heterocycles. The summed E-state index contributed by atoms with van der Waals surface area (Å²) in [5.74, 6) is 5.77. The Labute approximate surface area is 112 Å². The van der Waals surface area contributed by atoms with Gasteiger partial charge in [0.15, 0.2) is 0 Å². The predicted octanol–water partition coefficient (Wildman–Crippen LogP) is 2.38. The van der Waals surface area contributed by atoms with Crippen LogP contribution in [0.2, 0.25) is 0 Å². The molecule has 4 nitrogen and oxygen atoms in total. The number of hydrogen-bond acceptors (Lipinski definition) is 3. The lowest BCUT2D eigenvalue weighted by molar-refractivity contribution is -0.121. The van der Waals surface area contributed by atoms with E-state index >= 15 is 0 Å². The number of fused-ring (bicyclic) bond motifs is 1. The van der Waals surface area contributed by atoms with Crippen LogP contribution in [0.3, 0.4) is 0 Å². The standard InChI is InChI=1S/C15H18N2O2/c16-17-15(18)10-3-4-11-19-14-9-5-7-12-6-1-2-8-13(12)14/h1-2,5-9H,3-4,10-11,16H2,(H,17,18). The van der Waals surface area contributed by atoms with Gasteiger partial charge < -0.3 is 4.74 Å². The highest BCUT2D eigenvalue weighted by molar-refractivity contribution is 5.88. The molecule has 0 heterocycles. The van der Waals surface area contributed by atoms with Gasteiger partial charge in [-0.15, -0.1) is 0 Å². The maximum absolute atomic E-state index is 10.9. The summed E-state index contributed by atoms with van der Waals surface area (Å²) in [4.78, 5) is 10.9. The third-order valence-corrected chi connectivity index (χ3v) is 2.97. The highest BCUT2D eigenvalue weighted by Crippen LogP contribution is 2.25. The van der Waals surface area contributed by atoms with E-state index in [9.17, 15) is 4.79 Å². The van der Waals surface area contributed by atoms with Gasteiger partial charge in [-0.3, -0.25) is 10.2 Å². The van der Waals surface area contributed by atoms with Gasteiger partial charge in [0.25, 0.3) is 0 Å². The van der Waals surface area contributed by atoms with Crippen molar-refractivity contribution in [3.63, 3.8) is 0 Å². The third kappa shape index (κ3) is 3.69. The topological polar surface area (TPSA) is 64.3 Å². The average Bonchev–Trinajstić information content (AvgIpc) is 2.46. The van der Waals surface area contributed by atoms with E-state index < -0.39 is 0 Å². The fourth-order valence-corrected chi connectivity index (χ4v) is 1.96. The van der Waals surface area contributed by atoms with E-state index in [1.54, 1.807) is 0 Å². The second-order valence-corrected chi connectivity index (χ2v) is 4.35. The third-order valence-electron chi connectivity index (χ3n) is 2.97. The van der Waals surface area contributed by atoms with Gasteiger partial charge in [-0.1, -0.05) is 36.4 Å². The molecule has 19 heavy (non-hydrogen) atoms. The molecule has 0 aliphatic carbocycles. The zero-order valence-electron chi connectivity index (χ0n) is 10.8. The quantitative estimate of drug-likeness (QED) is 0.362. The Kier molecular flexibility index (Phi) is 4.75. The number of amides is 1. The summed E-state index contributed by atoms with van der Waals surface area (Å²) >= 11 is 0. The van der Waals surface area contributed by atoms with Crippen LogP contribution >= 0.6 is 0 Å². The zero-order valence-corrected chi connectivity index (χ0v) is 10.8. The Hall–Kier alpha value is -2.07. The lowest BCUT2D eigenvalue weighted by Gasteiger charge is -2.09. The SMILES string of the molecule is NNC(=O)CCCCOc1cccc2ccccc12. The first-order valence-electron chi connectivity index (χ1n) is 6.41. The molecule has 0 atom stereocenters. The summed E-state index contributed by atoms with van der Waals surface area (Å²) in [6, 6.07) is 14.1. The monoisotopic (exact) mass is 258 g/mol. The average molecular weight is 258 g/mol. The van der Waals surface area contributed by atoms with Crippen LogP contribution in [0.15, 0.2) is 42.5 Å². The van der Waals surface area contributed by atoms with E-state index in [1.165, 1.54) is 5.39 Å². The summed E-state index contributed by atoms with van der Waals surface area (Å²) in [5.41, 5.74) is 2.12. The van der Waals surface area contributed by atoms with Gasteiger partial charge in [-0.25, -0.2) is 5.84 Å². The van der Waals surface area contributed by atoms with Crippen LogP contribution in [0, 0.1) is 0 Å². The Bertz CT molecular complexity index is 549. The van der Waals surface area contributed by atoms with Gasteiger partial charge in [-0.2, -0.15) is 0 Å². The van der Waals surface area contributed by atoms with Crippen molar-refractivity contribution >= 4 is 16.7 Å². The van der Waals surface area contributed by atoms with Gasteiger partial charge >= 0.3 is 0 Å². The summed E-state index contributed by atoms with van der Waals surface area (Å²) in [6.45, 7) is 0.603. The van der Waals surface area contributed by atoms with Gasteiger partial charge in [0.2, 0.25) is 5.91 Å². The van der Waals surface area contributed by atoms with Crippen LogP contribution in [0.5, 0.6) is 5.75 Å². The van der Waals surface area contributed by atoms with Gasteiger partial charge in [0.1, 0.15) is 5.75 Å². The molecule has 0 unspecified atom stereocenters. The summed E-state index contributed by atoms with van der Waals surface area (Å²) in [6.07, 6.45) is 2.04. The van der Waals surface area contributed by atoms with Crippen molar-refractivity contribution in [2.45, 2.75) is 19.3 Å². The molecule has 0 spiro atoms. The lowest BCUT2D eigenvalue weighted by atomic mass is 10.1. The van der Waals surface area contributed by atoms with E-state index in [0.29, 0.717) is 13.0 Å². The molecule has 0 aliphatic heterocycles. The fraction of sp³-hybridized carbons (Fsp3) is 0.267. The number of hydrazine groups is 1. The Morgan fingerprint density at radius 2 is 1.89 bits per heavy atom. The predicted molar refractivity (Wildman–Crippen MR) is 75.6 cm³/mol. The van der Waals surface area contributed by atoms with E-state index in [2.05, 4.69) is 17.6 Å². The summed E-state index contributed by atoms with van der Waals surface area (Å²) in [5, 5.41) is 2.28. The van der Waals surface area contributed by atoms with Crippen molar-refractivity contribution in [2.24, 2.45) is 5.84 Å². The number of carbonyl (C=O) groups excluding carboxylic acids is 1. The van der Waals surface area contributed by atoms with E-state index in [-0.39, 0.29) is 5.91 Å². The Morgan fingerprint density at radius 1 is 1.11 bits per heavy atom. The fourth-order valence-electron chi connectivity index (χ4n) is 1.96. The highest BCUT2D eigenvalue weighted by Gasteiger charge is 2.02. The number of nitrogens with one attached hydrogen (secondary N) is 1. The van der Waals surface area contributed by atoms with Crippen LogP contribution in [0.25, 0.3) is 10.8 Å². The lowest BCUT2D eigenvalue weighted by Crippen LogP contribution is -2.29. The second kappa shape index (κ2) is 6.75. The zero-order chi connectivity index (χ0) is 13.5. The van der Waals surface area contributed by atoms with Crippen LogP contribution in [0.4, 0.5) is 0 Å². The van der Waals surface area contributed by atoms with Gasteiger partial charge in [-0.05, 0) is 24.3 Å². The number of nitrogens with two attached hydrogens (primary N) is 1. The number of unbranched alkanes of at least 4 members (excludes halogenated alkanes) is 1. The van der Waals surface area contributed by atoms with Crippen molar-refractivity contribution in [3.8, 4) is 5.75 Å². The van der Waals surface area contributed by atoms with Crippen molar-refractivity contribution in [1.29, 1.82) is 0 Å². The summed E-state index contributed by atoms with van der Waals surface area (Å²) in [7, 11) is 0. The Balaban J connectivity index is 1.86. The highest BCUT2D eigenvalue weighted by atomic mass is 16.5. The first-order valence-corrected chi connectivity index (χ1v) is 6.41. The number of carbonyl (C=O) groups is 1. The minimum atomic E-state index is -0.134. The second-order valence-electron chi connectivity index (χ2n) is 4.35. The molecule has 0 radical (unpaired) electrons. The Morgan fingerprint density at radius 3 is 2.74 bits per heavy atom. The van der Waals surface area contributed by atoms with Crippen LogP contribution in [0.1, 0.15) is 19.3 Å². The number of benzene rings is 2. The van der Waals surface area contributed by atoms with Crippen molar-refractivity contribution < 1.29 is 9.53 Å². The summed E-state index contributed by atoms with van der Waals surface area (Å²) < 4.78 is 5.77. The maximum atomic E-state index is 10.9. The van der Waals surface area contributed by atoms with Crippen LogP contribution in [-0.2, 0) is 4.79 Å². The molecule has 2 aromatic carbocycles. The molecular weight excluding hydrogens is 240 g/mol. The molecule has 2 aromatic rings. The molecule has 1 amide bonds. The first-order chi connectivity index (χ1) is 9.31. The van der Waals surface area contributed by atoms with Gasteiger partial charge in [0, 0.05) is 11.8 Å². The van der Waals surface area contributed by atoms with Gasteiger partial charge in [0.05, 0.1) is 6.61 Å². The molecule has 100 valence electrons. The van der Waals surface area contributed by atoms with E-state index in [1.807, 2.05) is 30.3 Å². The molecule has 3 N–H and O–H groups in total. The van der Waals surface area contributed by atoms with E-state index in [4.69, 9.17) is 10.6 Å². The van der Waals surface area contributed by atoms with Crippen molar-refractivity contribution in [2.75, 3.05) is 6.61 Å². The van der Waals surface area contributed by atoms with Crippen LogP contribution < -0.4 is 16.0 Å². The first kappa shape index (κ1) is 13.4. The maximum Gasteiger partial charge on any atom is 0.233 e.